The predicted octanol–water partition coefficient (Wildman–Crippen LogP) is 4.97. The molecule has 4 nitrogen and oxygen atoms in total. The van der Waals surface area contributed by atoms with E-state index in [0.29, 0.717) is 5.56 Å². The van der Waals surface area contributed by atoms with Crippen LogP contribution in [-0.2, 0) is 0 Å². The van der Waals surface area contributed by atoms with Gasteiger partial charge in [0.15, 0.2) is 0 Å². The summed E-state index contributed by atoms with van der Waals surface area (Å²) in [6.45, 7) is 0. The maximum absolute atomic E-state index is 12.6. The van der Waals surface area contributed by atoms with Gasteiger partial charge in [0, 0.05) is 11.8 Å². The largest absolute Gasteiger partial charge is 0.288 e. The average molecular weight is 368 g/mol. The van der Waals surface area contributed by atoms with Crippen LogP contribution in [0.3, 0.4) is 0 Å². The van der Waals surface area contributed by atoms with E-state index in [0.717, 1.165) is 5.69 Å². The van der Waals surface area contributed by atoms with Crippen molar-refractivity contribution in [1.82, 2.24) is 9.78 Å². The van der Waals surface area contributed by atoms with E-state index >= 15 is 0 Å². The Bertz CT molecular complexity index is 981. The first-order chi connectivity index (χ1) is 12.1. The summed E-state index contributed by atoms with van der Waals surface area (Å²) in [6, 6.07) is 16.2. The van der Waals surface area contributed by atoms with Crippen LogP contribution in [0.25, 0.3) is 11.8 Å². The Balaban J connectivity index is 1.95. The highest BCUT2D eigenvalue weighted by atomic mass is 35.5. The molecule has 0 radical (unpaired) electrons. The monoisotopic (exact) mass is 367 g/mol. The molecule has 0 amide bonds. The molecular weight excluding hydrogens is 357 g/mol. The second kappa shape index (κ2) is 7.35. The van der Waals surface area contributed by atoms with Gasteiger partial charge in [0.2, 0.25) is 5.78 Å². The summed E-state index contributed by atoms with van der Waals surface area (Å²) in [7, 11) is 0. The molecule has 0 aliphatic heterocycles. The summed E-state index contributed by atoms with van der Waals surface area (Å²) < 4.78 is 1.66. The van der Waals surface area contributed by atoms with E-state index in [2.05, 4.69) is 5.10 Å². The van der Waals surface area contributed by atoms with E-state index < -0.39 is 5.78 Å². The minimum Gasteiger partial charge on any atom is -0.288 e. The van der Waals surface area contributed by atoms with Gasteiger partial charge in [0.25, 0.3) is 0 Å². The summed E-state index contributed by atoms with van der Waals surface area (Å²) in [6.07, 6.45) is 4.77. The van der Waals surface area contributed by atoms with E-state index in [1.54, 1.807) is 35.3 Å². The zero-order valence-electron chi connectivity index (χ0n) is 12.9. The third-order valence-electron chi connectivity index (χ3n) is 3.49. The molecule has 25 heavy (non-hydrogen) atoms. The van der Waals surface area contributed by atoms with Gasteiger partial charge in [-0.3, -0.25) is 4.79 Å². The van der Waals surface area contributed by atoms with Crippen molar-refractivity contribution in [1.29, 1.82) is 5.26 Å². The number of allylic oxidation sites excluding steroid dienone is 1. The van der Waals surface area contributed by atoms with E-state index in [1.165, 1.54) is 6.08 Å². The number of para-hydroxylation sites is 1. The highest BCUT2D eigenvalue weighted by Crippen LogP contribution is 2.27. The fourth-order valence-electron chi connectivity index (χ4n) is 2.30. The molecular formula is C19H11Cl2N3O. The summed E-state index contributed by atoms with van der Waals surface area (Å²) >= 11 is 12.1. The number of rotatable bonds is 4. The Morgan fingerprint density at radius 2 is 1.76 bits per heavy atom. The molecule has 1 aromatic heterocycles. The van der Waals surface area contributed by atoms with Gasteiger partial charge in [0.05, 0.1) is 27.5 Å². The molecule has 2 aromatic carbocycles. The summed E-state index contributed by atoms with van der Waals surface area (Å²) in [5.41, 5.74) is 1.55. The number of ketones is 1. The molecule has 0 spiro atoms. The molecule has 3 rings (SSSR count). The van der Waals surface area contributed by atoms with Gasteiger partial charge in [-0.1, -0.05) is 47.5 Å². The van der Waals surface area contributed by atoms with E-state index in [1.807, 2.05) is 36.4 Å². The smallest absolute Gasteiger partial charge is 0.206 e. The van der Waals surface area contributed by atoms with Crippen LogP contribution in [0.4, 0.5) is 0 Å². The number of hydrogen-bond acceptors (Lipinski definition) is 3. The quantitative estimate of drug-likeness (QED) is 0.371. The molecule has 0 unspecified atom stereocenters. The molecule has 6 heteroatoms. The Hall–Kier alpha value is -2.87. The number of aromatic nitrogens is 2. The van der Waals surface area contributed by atoms with Gasteiger partial charge < -0.3 is 0 Å². The number of nitriles is 1. The molecule has 3 aromatic rings. The maximum Gasteiger partial charge on any atom is 0.206 e. The van der Waals surface area contributed by atoms with Crippen molar-refractivity contribution < 1.29 is 4.79 Å². The first-order valence-corrected chi connectivity index (χ1v) is 8.06. The molecule has 0 N–H and O–H groups in total. The van der Waals surface area contributed by atoms with Crippen molar-refractivity contribution in [3.63, 3.8) is 0 Å². The summed E-state index contributed by atoms with van der Waals surface area (Å²) in [5, 5.41) is 14.0. The number of hydrogen-bond donors (Lipinski definition) is 0. The molecule has 0 saturated carbocycles. The molecule has 0 aliphatic rings. The predicted molar refractivity (Wildman–Crippen MR) is 97.9 cm³/mol. The van der Waals surface area contributed by atoms with Gasteiger partial charge in [-0.2, -0.15) is 10.4 Å². The van der Waals surface area contributed by atoms with Crippen molar-refractivity contribution in [3.8, 4) is 11.8 Å². The third kappa shape index (κ3) is 3.63. The molecule has 0 fully saturated rings. The Kier molecular flexibility index (Phi) is 4.99. The fourth-order valence-corrected chi connectivity index (χ4v) is 2.87. The van der Waals surface area contributed by atoms with Crippen LogP contribution in [0.15, 0.2) is 66.5 Å². The Morgan fingerprint density at radius 1 is 1.08 bits per heavy atom. The van der Waals surface area contributed by atoms with Crippen molar-refractivity contribution in [3.05, 3.63) is 87.7 Å². The SMILES string of the molecule is N#CC(=Cc1cnn(-c2ccccc2)c1)C(=O)c1c(Cl)cccc1Cl. The molecule has 0 saturated heterocycles. The highest BCUT2D eigenvalue weighted by Gasteiger charge is 2.19. The highest BCUT2D eigenvalue weighted by molar-refractivity contribution is 6.41. The van der Waals surface area contributed by atoms with E-state index in [9.17, 15) is 10.1 Å². The normalized spacial score (nSPS) is 11.2. The first-order valence-electron chi connectivity index (χ1n) is 7.31. The lowest BCUT2D eigenvalue weighted by atomic mass is 10.0. The number of benzene rings is 2. The lowest BCUT2D eigenvalue weighted by Gasteiger charge is -2.04. The van der Waals surface area contributed by atoms with Gasteiger partial charge >= 0.3 is 0 Å². The number of halogens is 2. The third-order valence-corrected chi connectivity index (χ3v) is 4.12. The van der Waals surface area contributed by atoms with Crippen LogP contribution in [-0.4, -0.2) is 15.6 Å². The second-order valence-electron chi connectivity index (χ2n) is 5.15. The maximum atomic E-state index is 12.6. The Morgan fingerprint density at radius 3 is 2.40 bits per heavy atom. The van der Waals surface area contributed by atoms with Gasteiger partial charge in [0.1, 0.15) is 11.6 Å². The second-order valence-corrected chi connectivity index (χ2v) is 5.96. The van der Waals surface area contributed by atoms with Gasteiger partial charge in [-0.05, 0) is 30.3 Å². The van der Waals surface area contributed by atoms with Crippen molar-refractivity contribution >= 4 is 35.1 Å². The molecule has 122 valence electrons. The van der Waals surface area contributed by atoms with Crippen molar-refractivity contribution in [2.75, 3.05) is 0 Å². The van der Waals surface area contributed by atoms with E-state index in [4.69, 9.17) is 23.2 Å². The number of Topliss-reactive ketones (excluding diaryl/α,β-unsaturated/α-hetero) is 1. The fraction of sp³-hybridized carbons (Fsp3) is 0. The molecule has 0 aliphatic carbocycles. The minimum atomic E-state index is -0.523. The molecule has 1 heterocycles. The van der Waals surface area contributed by atoms with Crippen LogP contribution in [0, 0.1) is 11.3 Å². The minimum absolute atomic E-state index is 0.0670. The van der Waals surface area contributed by atoms with Crippen LogP contribution in [0.1, 0.15) is 15.9 Å². The molecule has 0 bridgehead atoms. The lowest BCUT2D eigenvalue weighted by Crippen LogP contribution is -2.03. The average Bonchev–Trinajstić information content (AvgIpc) is 3.09. The first kappa shape index (κ1) is 17.0. The summed E-state index contributed by atoms with van der Waals surface area (Å²) in [4.78, 5) is 12.6. The van der Waals surface area contributed by atoms with E-state index in [-0.39, 0.29) is 21.2 Å². The molecule has 0 atom stereocenters. The standard InChI is InChI=1S/C19H11Cl2N3O/c20-16-7-4-8-17(21)18(16)19(25)14(10-22)9-13-11-23-24(12-13)15-5-2-1-3-6-15/h1-9,11-12H. The van der Waals surface area contributed by atoms with Crippen molar-refractivity contribution in [2.45, 2.75) is 0 Å². The van der Waals surface area contributed by atoms with Crippen LogP contribution in [0.2, 0.25) is 10.0 Å². The van der Waals surface area contributed by atoms with Gasteiger partial charge in [-0.25, -0.2) is 4.68 Å². The van der Waals surface area contributed by atoms with Gasteiger partial charge in [-0.15, -0.1) is 0 Å². The van der Waals surface area contributed by atoms with Crippen molar-refractivity contribution in [2.24, 2.45) is 0 Å². The summed E-state index contributed by atoms with van der Waals surface area (Å²) in [5.74, 6) is -0.523. The number of carbonyl (C=O) groups excluding carboxylic acids is 1. The lowest BCUT2D eigenvalue weighted by molar-refractivity contribution is 0.104. The number of nitrogens with zero attached hydrogens (tertiary/aromatic N) is 3. The topological polar surface area (TPSA) is 58.7 Å². The van der Waals surface area contributed by atoms with Crippen LogP contribution >= 0.6 is 23.2 Å². The zero-order valence-corrected chi connectivity index (χ0v) is 14.4. The number of carbonyl (C=O) groups is 1. The zero-order chi connectivity index (χ0) is 17.8. The Labute approximate surface area is 154 Å². The van der Waals surface area contributed by atoms with Crippen LogP contribution < -0.4 is 0 Å². The van der Waals surface area contributed by atoms with Crippen LogP contribution in [0.5, 0.6) is 0 Å².